The third-order valence-electron chi connectivity index (χ3n) is 4.11. The molecule has 4 nitrogen and oxygen atoms in total. The maximum Gasteiger partial charge on any atom is 0.257 e. The van der Waals surface area contributed by atoms with Crippen molar-refractivity contribution in [3.05, 3.63) is 30.1 Å². The van der Waals surface area contributed by atoms with E-state index in [1.807, 2.05) is 0 Å². The van der Waals surface area contributed by atoms with Gasteiger partial charge in [0.1, 0.15) is 0 Å². The van der Waals surface area contributed by atoms with Gasteiger partial charge in [0.15, 0.2) is 18.2 Å². The van der Waals surface area contributed by atoms with E-state index in [-0.39, 0.29) is 30.3 Å². The SMILES string of the molecule is O=C(COc1ccccc1F)NCC1(CO)CCCCC1. The lowest BCUT2D eigenvalue weighted by Gasteiger charge is -2.35. The number of hydrogen-bond donors (Lipinski definition) is 2. The molecule has 1 saturated carbocycles. The van der Waals surface area contributed by atoms with Crippen molar-refractivity contribution < 1.29 is 19.0 Å². The zero-order chi connectivity index (χ0) is 15.1. The number of hydrogen-bond acceptors (Lipinski definition) is 3. The van der Waals surface area contributed by atoms with Gasteiger partial charge in [-0.25, -0.2) is 4.39 Å². The predicted molar refractivity (Wildman–Crippen MR) is 77.5 cm³/mol. The second kappa shape index (κ2) is 7.41. The van der Waals surface area contributed by atoms with E-state index in [9.17, 15) is 14.3 Å². The molecule has 0 bridgehead atoms. The van der Waals surface area contributed by atoms with Crippen molar-refractivity contribution in [3.8, 4) is 5.75 Å². The van der Waals surface area contributed by atoms with Crippen molar-refractivity contribution in [2.24, 2.45) is 5.41 Å². The lowest BCUT2D eigenvalue weighted by atomic mass is 9.74. The van der Waals surface area contributed by atoms with Crippen molar-refractivity contribution in [1.29, 1.82) is 0 Å². The number of rotatable bonds is 6. The van der Waals surface area contributed by atoms with Crippen LogP contribution in [0.4, 0.5) is 4.39 Å². The van der Waals surface area contributed by atoms with Crippen molar-refractivity contribution in [2.75, 3.05) is 19.8 Å². The summed E-state index contributed by atoms with van der Waals surface area (Å²) in [4.78, 5) is 11.8. The summed E-state index contributed by atoms with van der Waals surface area (Å²) in [6, 6.07) is 5.99. The van der Waals surface area contributed by atoms with Gasteiger partial charge in [0.25, 0.3) is 5.91 Å². The van der Waals surface area contributed by atoms with E-state index in [0.29, 0.717) is 6.54 Å². The topological polar surface area (TPSA) is 58.6 Å². The van der Waals surface area contributed by atoms with Crippen LogP contribution < -0.4 is 10.1 Å². The molecule has 1 fully saturated rings. The van der Waals surface area contributed by atoms with Crippen molar-refractivity contribution >= 4 is 5.91 Å². The van der Waals surface area contributed by atoms with Crippen LogP contribution >= 0.6 is 0 Å². The number of benzene rings is 1. The summed E-state index contributed by atoms with van der Waals surface area (Å²) in [5.41, 5.74) is -0.202. The summed E-state index contributed by atoms with van der Waals surface area (Å²) in [5.74, 6) is -0.705. The molecule has 0 unspecified atom stereocenters. The maximum absolute atomic E-state index is 13.3. The molecule has 2 rings (SSSR count). The third-order valence-corrected chi connectivity index (χ3v) is 4.11. The van der Waals surface area contributed by atoms with Gasteiger partial charge in [-0.15, -0.1) is 0 Å². The zero-order valence-corrected chi connectivity index (χ0v) is 12.1. The quantitative estimate of drug-likeness (QED) is 0.846. The first kappa shape index (κ1) is 15.8. The van der Waals surface area contributed by atoms with Crippen LogP contribution in [0.3, 0.4) is 0 Å². The van der Waals surface area contributed by atoms with Crippen LogP contribution in [0, 0.1) is 11.2 Å². The van der Waals surface area contributed by atoms with Crippen molar-refractivity contribution in [1.82, 2.24) is 5.32 Å². The lowest BCUT2D eigenvalue weighted by molar-refractivity contribution is -0.124. The molecule has 0 aliphatic heterocycles. The van der Waals surface area contributed by atoms with E-state index in [1.54, 1.807) is 12.1 Å². The Morgan fingerprint density at radius 1 is 1.29 bits per heavy atom. The molecule has 5 heteroatoms. The fourth-order valence-electron chi connectivity index (χ4n) is 2.73. The second-order valence-corrected chi connectivity index (χ2v) is 5.71. The molecule has 1 amide bonds. The van der Waals surface area contributed by atoms with Crippen molar-refractivity contribution in [3.63, 3.8) is 0 Å². The lowest BCUT2D eigenvalue weighted by Crippen LogP contribution is -2.42. The molecule has 0 heterocycles. The normalized spacial score (nSPS) is 17.2. The fourth-order valence-corrected chi connectivity index (χ4v) is 2.73. The van der Waals surface area contributed by atoms with E-state index in [2.05, 4.69) is 5.32 Å². The number of aliphatic hydroxyl groups is 1. The molecule has 0 aromatic heterocycles. The van der Waals surface area contributed by atoms with Gasteiger partial charge < -0.3 is 15.2 Å². The molecule has 1 aliphatic rings. The predicted octanol–water partition coefficient (Wildman–Crippen LogP) is 2.26. The zero-order valence-electron chi connectivity index (χ0n) is 12.1. The van der Waals surface area contributed by atoms with Crippen LogP contribution in [-0.4, -0.2) is 30.8 Å². The van der Waals surface area contributed by atoms with Crippen LogP contribution in [0.25, 0.3) is 0 Å². The Hall–Kier alpha value is -1.62. The minimum atomic E-state index is -0.482. The molecule has 116 valence electrons. The van der Waals surface area contributed by atoms with Crippen LogP contribution in [0.5, 0.6) is 5.75 Å². The molecule has 0 saturated heterocycles. The number of nitrogens with one attached hydrogen (secondary N) is 1. The molecule has 0 spiro atoms. The number of ether oxygens (including phenoxy) is 1. The molecule has 0 atom stereocenters. The van der Waals surface area contributed by atoms with Crippen LogP contribution in [0.2, 0.25) is 0 Å². The van der Waals surface area contributed by atoms with Gasteiger partial charge in [0.2, 0.25) is 0 Å². The smallest absolute Gasteiger partial charge is 0.257 e. The summed E-state index contributed by atoms with van der Waals surface area (Å²) >= 11 is 0. The number of halogens is 1. The monoisotopic (exact) mass is 295 g/mol. The van der Waals surface area contributed by atoms with Gasteiger partial charge in [-0.05, 0) is 25.0 Å². The molecule has 2 N–H and O–H groups in total. The van der Waals surface area contributed by atoms with Gasteiger partial charge in [-0.3, -0.25) is 4.79 Å². The summed E-state index contributed by atoms with van der Waals surface area (Å²) in [5, 5.41) is 12.4. The average molecular weight is 295 g/mol. The average Bonchev–Trinajstić information content (AvgIpc) is 2.53. The molecular formula is C16H22FNO3. The molecule has 21 heavy (non-hydrogen) atoms. The largest absolute Gasteiger partial charge is 0.481 e. The van der Waals surface area contributed by atoms with Gasteiger partial charge in [-0.1, -0.05) is 31.4 Å². The Morgan fingerprint density at radius 2 is 2.00 bits per heavy atom. The van der Waals surface area contributed by atoms with E-state index in [4.69, 9.17) is 4.74 Å². The highest BCUT2D eigenvalue weighted by Crippen LogP contribution is 2.35. The van der Waals surface area contributed by atoms with E-state index in [1.165, 1.54) is 18.6 Å². The minimum absolute atomic E-state index is 0.0715. The number of amides is 1. The fraction of sp³-hybridized carbons (Fsp3) is 0.562. The summed E-state index contributed by atoms with van der Waals surface area (Å²) < 4.78 is 18.5. The van der Waals surface area contributed by atoms with Crippen molar-refractivity contribution in [2.45, 2.75) is 32.1 Å². The van der Waals surface area contributed by atoms with Crippen LogP contribution in [-0.2, 0) is 4.79 Å². The van der Waals surface area contributed by atoms with E-state index in [0.717, 1.165) is 25.7 Å². The molecule has 1 aliphatic carbocycles. The Kier molecular flexibility index (Phi) is 5.56. The number of aliphatic hydroxyl groups excluding tert-OH is 1. The molecular weight excluding hydrogens is 273 g/mol. The standard InChI is InChI=1S/C16H22FNO3/c17-13-6-2-3-7-14(13)21-10-15(20)18-11-16(12-19)8-4-1-5-9-16/h2-3,6-7,19H,1,4-5,8-12H2,(H,18,20). The summed E-state index contributed by atoms with van der Waals surface area (Å²) in [7, 11) is 0. The van der Waals surface area contributed by atoms with Crippen LogP contribution in [0.1, 0.15) is 32.1 Å². The molecule has 0 radical (unpaired) electrons. The minimum Gasteiger partial charge on any atom is -0.481 e. The summed E-state index contributed by atoms with van der Waals surface area (Å²) in [6.07, 6.45) is 5.21. The highest BCUT2D eigenvalue weighted by molar-refractivity contribution is 5.77. The first-order valence-electron chi connectivity index (χ1n) is 7.40. The third kappa shape index (κ3) is 4.43. The van der Waals surface area contributed by atoms with Gasteiger partial charge in [-0.2, -0.15) is 0 Å². The second-order valence-electron chi connectivity index (χ2n) is 5.71. The summed E-state index contributed by atoms with van der Waals surface area (Å²) in [6.45, 7) is 0.312. The highest BCUT2D eigenvalue weighted by atomic mass is 19.1. The van der Waals surface area contributed by atoms with E-state index >= 15 is 0 Å². The van der Waals surface area contributed by atoms with Gasteiger partial charge in [0.05, 0.1) is 6.61 Å². The first-order chi connectivity index (χ1) is 10.2. The Morgan fingerprint density at radius 3 is 2.67 bits per heavy atom. The maximum atomic E-state index is 13.3. The Labute approximate surface area is 124 Å². The molecule has 1 aromatic carbocycles. The Bertz CT molecular complexity index is 472. The molecule has 1 aromatic rings. The number of carbonyl (C=O) groups is 1. The van der Waals surface area contributed by atoms with Gasteiger partial charge in [0, 0.05) is 12.0 Å². The van der Waals surface area contributed by atoms with E-state index < -0.39 is 5.82 Å². The Balaban J connectivity index is 1.78. The van der Waals surface area contributed by atoms with Gasteiger partial charge >= 0.3 is 0 Å². The number of para-hydroxylation sites is 1. The first-order valence-corrected chi connectivity index (χ1v) is 7.40. The van der Waals surface area contributed by atoms with Crippen LogP contribution in [0.15, 0.2) is 24.3 Å². The number of carbonyl (C=O) groups excluding carboxylic acids is 1. The highest BCUT2D eigenvalue weighted by Gasteiger charge is 2.31.